The van der Waals surface area contributed by atoms with Gasteiger partial charge < -0.3 is 14.6 Å². The van der Waals surface area contributed by atoms with E-state index < -0.39 is 29.8 Å². The van der Waals surface area contributed by atoms with Gasteiger partial charge in [-0.25, -0.2) is 0 Å². The van der Waals surface area contributed by atoms with Crippen LogP contribution in [0, 0.1) is 0 Å². The molecule has 1 aliphatic rings. The van der Waals surface area contributed by atoms with Crippen molar-refractivity contribution in [1.82, 2.24) is 4.90 Å². The molecule has 0 aliphatic carbocycles. The second kappa shape index (κ2) is 11.0. The van der Waals surface area contributed by atoms with Crippen molar-refractivity contribution in [3.63, 3.8) is 0 Å². The predicted molar refractivity (Wildman–Crippen MR) is 129 cm³/mol. The first-order valence-corrected chi connectivity index (χ1v) is 11.8. The van der Waals surface area contributed by atoms with Gasteiger partial charge >= 0.3 is 12.1 Å². The number of hydrogen-bond donors (Lipinski definition) is 1. The van der Waals surface area contributed by atoms with Crippen molar-refractivity contribution in [2.75, 3.05) is 13.7 Å². The highest BCUT2D eigenvalue weighted by atomic mass is 19.4. The smallest absolute Gasteiger partial charge is 0.416 e. The van der Waals surface area contributed by atoms with Crippen molar-refractivity contribution in [3.8, 4) is 11.5 Å². The molecular formula is C28H28F3NO4. The van der Waals surface area contributed by atoms with E-state index in [9.17, 15) is 23.1 Å². The summed E-state index contributed by atoms with van der Waals surface area (Å²) < 4.78 is 51.1. The minimum atomic E-state index is -4.45. The number of likely N-dealkylation sites (tertiary alicyclic amines) is 1. The molecule has 0 radical (unpaired) electrons. The van der Waals surface area contributed by atoms with Crippen LogP contribution >= 0.6 is 0 Å². The van der Waals surface area contributed by atoms with E-state index in [2.05, 4.69) is 0 Å². The van der Waals surface area contributed by atoms with Crippen molar-refractivity contribution in [1.29, 1.82) is 0 Å². The van der Waals surface area contributed by atoms with Gasteiger partial charge in [-0.3, -0.25) is 9.69 Å². The molecule has 0 saturated carbocycles. The number of piperidine rings is 1. The van der Waals surface area contributed by atoms with Crippen molar-refractivity contribution in [3.05, 3.63) is 95.1 Å². The third kappa shape index (κ3) is 5.82. The Kier molecular flexibility index (Phi) is 7.84. The molecule has 4 rings (SSSR count). The Balaban J connectivity index is 1.71. The molecule has 1 N–H and O–H groups in total. The van der Waals surface area contributed by atoms with Crippen LogP contribution in [-0.2, 0) is 17.6 Å². The highest BCUT2D eigenvalue weighted by Crippen LogP contribution is 2.39. The van der Waals surface area contributed by atoms with Crippen LogP contribution < -0.4 is 9.47 Å². The molecule has 0 aromatic heterocycles. The summed E-state index contributed by atoms with van der Waals surface area (Å²) in [5, 5.41) is 9.89. The van der Waals surface area contributed by atoms with Crippen LogP contribution in [0.4, 0.5) is 13.2 Å². The van der Waals surface area contributed by atoms with Crippen LogP contribution in [0.1, 0.15) is 47.6 Å². The Labute approximate surface area is 208 Å². The van der Waals surface area contributed by atoms with Gasteiger partial charge in [0.15, 0.2) is 11.5 Å². The van der Waals surface area contributed by atoms with E-state index in [-0.39, 0.29) is 0 Å². The van der Waals surface area contributed by atoms with E-state index in [4.69, 9.17) is 9.47 Å². The van der Waals surface area contributed by atoms with E-state index in [1.54, 1.807) is 12.1 Å². The summed E-state index contributed by atoms with van der Waals surface area (Å²) in [6.07, 6.45) is -2.40. The van der Waals surface area contributed by atoms with Crippen LogP contribution in [0.2, 0.25) is 0 Å². The molecule has 1 aliphatic heterocycles. The highest BCUT2D eigenvalue weighted by molar-refractivity contribution is 5.73. The minimum Gasteiger partial charge on any atom is -0.493 e. The first-order chi connectivity index (χ1) is 17.3. The zero-order chi connectivity index (χ0) is 25.7. The normalized spacial score (nSPS) is 17.4. The number of rotatable bonds is 8. The third-order valence-corrected chi connectivity index (χ3v) is 6.46. The molecule has 1 heterocycles. The number of carboxylic acid groups (broad SMARTS) is 1. The Morgan fingerprint density at radius 1 is 1.00 bits per heavy atom. The van der Waals surface area contributed by atoms with Gasteiger partial charge in [0.2, 0.25) is 0 Å². The summed E-state index contributed by atoms with van der Waals surface area (Å²) in [5.74, 6) is 0.0373. The van der Waals surface area contributed by atoms with E-state index in [0.29, 0.717) is 42.2 Å². The number of aliphatic carboxylic acids is 1. The lowest BCUT2D eigenvalue weighted by Gasteiger charge is -2.39. The first-order valence-electron chi connectivity index (χ1n) is 11.8. The second-order valence-corrected chi connectivity index (χ2v) is 8.79. The van der Waals surface area contributed by atoms with E-state index in [0.717, 1.165) is 30.5 Å². The largest absolute Gasteiger partial charge is 0.493 e. The number of nitrogens with zero attached hydrogens (tertiary/aromatic N) is 1. The monoisotopic (exact) mass is 499 g/mol. The minimum absolute atomic E-state index is 0.339. The molecule has 1 saturated heterocycles. The first kappa shape index (κ1) is 25.6. The van der Waals surface area contributed by atoms with Crippen LogP contribution in [0.25, 0.3) is 0 Å². The van der Waals surface area contributed by atoms with Crippen LogP contribution in [-0.4, -0.2) is 35.7 Å². The fourth-order valence-electron chi connectivity index (χ4n) is 4.67. The summed E-state index contributed by atoms with van der Waals surface area (Å²) in [4.78, 5) is 13.9. The Hall–Kier alpha value is -3.52. The SMILES string of the molecule is COc1cc(C(c2ccc(C(F)(F)F)cc2)N2CCCCC2C(=O)O)ccc1OCc1ccccc1. The van der Waals surface area contributed by atoms with Crippen molar-refractivity contribution in [2.24, 2.45) is 0 Å². The number of ether oxygens (including phenoxy) is 2. The number of benzene rings is 3. The lowest BCUT2D eigenvalue weighted by Crippen LogP contribution is -2.46. The molecule has 36 heavy (non-hydrogen) atoms. The molecule has 190 valence electrons. The molecule has 0 spiro atoms. The molecule has 0 amide bonds. The average molecular weight is 500 g/mol. The van der Waals surface area contributed by atoms with Crippen molar-refractivity contribution >= 4 is 5.97 Å². The average Bonchev–Trinajstić information content (AvgIpc) is 2.88. The molecule has 3 aromatic carbocycles. The quantitative estimate of drug-likeness (QED) is 0.393. The molecule has 3 aromatic rings. The van der Waals surface area contributed by atoms with Gasteiger partial charge in [0.1, 0.15) is 12.6 Å². The topological polar surface area (TPSA) is 59.0 Å². The van der Waals surface area contributed by atoms with Gasteiger partial charge in [0.25, 0.3) is 0 Å². The number of hydrogen-bond acceptors (Lipinski definition) is 4. The molecular weight excluding hydrogens is 471 g/mol. The standard InChI is InChI=1S/C28H28F3NO4/c1-35-25-17-21(12-15-24(25)36-18-19-7-3-2-4-8-19)26(32-16-6-5-9-23(32)27(33)34)20-10-13-22(14-11-20)28(29,30)31/h2-4,7-8,10-15,17,23,26H,5-6,9,16,18H2,1H3,(H,33,34). The maximum absolute atomic E-state index is 13.2. The third-order valence-electron chi connectivity index (χ3n) is 6.46. The summed E-state index contributed by atoms with van der Waals surface area (Å²) in [7, 11) is 1.52. The molecule has 5 nitrogen and oxygen atoms in total. The molecule has 0 bridgehead atoms. The van der Waals surface area contributed by atoms with E-state index >= 15 is 0 Å². The van der Waals surface area contributed by atoms with Gasteiger partial charge in [-0.2, -0.15) is 13.2 Å². The van der Waals surface area contributed by atoms with Crippen LogP contribution in [0.15, 0.2) is 72.8 Å². The Morgan fingerprint density at radius 2 is 1.69 bits per heavy atom. The fraction of sp³-hybridized carbons (Fsp3) is 0.321. The molecule has 8 heteroatoms. The number of carboxylic acids is 1. The van der Waals surface area contributed by atoms with Gasteiger partial charge in [-0.15, -0.1) is 0 Å². The van der Waals surface area contributed by atoms with E-state index in [1.165, 1.54) is 19.2 Å². The lowest BCUT2D eigenvalue weighted by molar-refractivity contribution is -0.145. The van der Waals surface area contributed by atoms with Gasteiger partial charge in [-0.1, -0.05) is 55.0 Å². The summed E-state index contributed by atoms with van der Waals surface area (Å²) in [5.41, 5.74) is 1.53. The Morgan fingerprint density at radius 3 is 2.33 bits per heavy atom. The zero-order valence-electron chi connectivity index (χ0n) is 19.9. The van der Waals surface area contributed by atoms with Gasteiger partial charge in [0, 0.05) is 0 Å². The highest BCUT2D eigenvalue weighted by Gasteiger charge is 2.36. The maximum Gasteiger partial charge on any atom is 0.416 e. The number of alkyl halides is 3. The predicted octanol–water partition coefficient (Wildman–Crippen LogP) is 6.32. The Bertz CT molecular complexity index is 1170. The second-order valence-electron chi connectivity index (χ2n) is 8.79. The van der Waals surface area contributed by atoms with Gasteiger partial charge in [0.05, 0.1) is 18.7 Å². The van der Waals surface area contributed by atoms with Crippen molar-refractivity contribution in [2.45, 2.75) is 44.1 Å². The van der Waals surface area contributed by atoms with Crippen LogP contribution in [0.5, 0.6) is 11.5 Å². The van der Waals surface area contributed by atoms with Gasteiger partial charge in [-0.05, 0) is 60.3 Å². The number of halogens is 3. The van der Waals surface area contributed by atoms with Crippen LogP contribution in [0.3, 0.4) is 0 Å². The van der Waals surface area contributed by atoms with E-state index in [1.807, 2.05) is 41.3 Å². The molecule has 2 unspecified atom stereocenters. The summed E-state index contributed by atoms with van der Waals surface area (Å²) in [6.45, 7) is 0.851. The lowest BCUT2D eigenvalue weighted by atomic mass is 9.91. The maximum atomic E-state index is 13.2. The number of methoxy groups -OCH3 is 1. The van der Waals surface area contributed by atoms with Crippen molar-refractivity contribution < 1.29 is 32.5 Å². The molecule has 1 fully saturated rings. The number of carbonyl (C=O) groups is 1. The fourth-order valence-corrected chi connectivity index (χ4v) is 4.67. The summed E-state index contributed by atoms with van der Waals surface area (Å²) >= 11 is 0. The zero-order valence-corrected chi connectivity index (χ0v) is 19.9. The molecule has 2 atom stereocenters. The summed E-state index contributed by atoms with van der Waals surface area (Å²) in [6, 6.07) is 18.6.